The summed E-state index contributed by atoms with van der Waals surface area (Å²) in [5.41, 5.74) is 0.838. The Hall–Kier alpha value is -0.800. The van der Waals surface area contributed by atoms with Gasteiger partial charge in [0.25, 0.3) is 5.69 Å². The maximum atomic E-state index is 10.9. The lowest BCUT2D eigenvalue weighted by Crippen LogP contribution is -2.11. The molecule has 92 valence electrons. The van der Waals surface area contributed by atoms with Crippen molar-refractivity contribution in [2.45, 2.75) is 31.1 Å². The second kappa shape index (κ2) is 5.23. The zero-order chi connectivity index (χ0) is 12.4. The van der Waals surface area contributed by atoms with E-state index in [2.05, 4.69) is 0 Å². The average Bonchev–Trinajstić information content (AvgIpc) is 2.64. The molecule has 0 spiro atoms. The Morgan fingerprint density at radius 3 is 2.76 bits per heavy atom. The van der Waals surface area contributed by atoms with Crippen LogP contribution in [-0.2, 0) is 6.42 Å². The molecule has 1 saturated carbocycles. The molecule has 0 N–H and O–H groups in total. The molecule has 17 heavy (non-hydrogen) atoms. The molecule has 3 nitrogen and oxygen atoms in total. The Morgan fingerprint density at radius 1 is 1.41 bits per heavy atom. The van der Waals surface area contributed by atoms with Gasteiger partial charge in [-0.3, -0.25) is 10.1 Å². The lowest BCUT2D eigenvalue weighted by Gasteiger charge is -2.13. The van der Waals surface area contributed by atoms with Gasteiger partial charge in [0.1, 0.15) is 0 Å². The molecular formula is C12H13Cl2NO2. The van der Waals surface area contributed by atoms with Crippen molar-refractivity contribution in [3.8, 4) is 0 Å². The summed E-state index contributed by atoms with van der Waals surface area (Å²) >= 11 is 12.1. The van der Waals surface area contributed by atoms with Gasteiger partial charge in [-0.25, -0.2) is 0 Å². The minimum Gasteiger partial charge on any atom is -0.258 e. The van der Waals surface area contributed by atoms with Crippen LogP contribution < -0.4 is 0 Å². The molecule has 0 bridgehead atoms. The Labute approximate surface area is 110 Å². The molecule has 1 aliphatic rings. The SMILES string of the molecule is O=[N+]([O-])c1ccc(Cl)cc1CC1CCCC1Cl. The quantitative estimate of drug-likeness (QED) is 0.471. The molecule has 0 radical (unpaired) electrons. The van der Waals surface area contributed by atoms with Crippen molar-refractivity contribution >= 4 is 28.9 Å². The number of benzene rings is 1. The number of hydrogen-bond acceptors (Lipinski definition) is 2. The summed E-state index contributed by atoms with van der Waals surface area (Å²) in [5.74, 6) is 0.328. The van der Waals surface area contributed by atoms with Crippen LogP contribution in [0, 0.1) is 16.0 Å². The molecule has 2 atom stereocenters. The Balaban J connectivity index is 2.24. The van der Waals surface area contributed by atoms with E-state index in [-0.39, 0.29) is 16.0 Å². The summed E-state index contributed by atoms with van der Waals surface area (Å²) in [7, 11) is 0. The van der Waals surface area contributed by atoms with Gasteiger partial charge in [-0.05, 0) is 37.3 Å². The third-order valence-corrected chi connectivity index (χ3v) is 4.10. The first-order valence-electron chi connectivity index (χ1n) is 5.65. The topological polar surface area (TPSA) is 43.1 Å². The Morgan fingerprint density at radius 2 is 2.18 bits per heavy atom. The zero-order valence-corrected chi connectivity index (χ0v) is 10.7. The Kier molecular flexibility index (Phi) is 3.89. The number of alkyl halides is 1. The summed E-state index contributed by atoms with van der Waals surface area (Å²) in [6, 6.07) is 4.70. The molecule has 1 aromatic rings. The van der Waals surface area contributed by atoms with E-state index in [1.54, 1.807) is 12.1 Å². The van der Waals surface area contributed by atoms with Crippen molar-refractivity contribution in [2.24, 2.45) is 5.92 Å². The van der Waals surface area contributed by atoms with Crippen LogP contribution in [0.2, 0.25) is 5.02 Å². The molecule has 1 fully saturated rings. The maximum Gasteiger partial charge on any atom is 0.272 e. The van der Waals surface area contributed by atoms with E-state index in [0.29, 0.717) is 22.9 Å². The molecule has 1 aliphatic carbocycles. The van der Waals surface area contributed by atoms with Crippen LogP contribution in [0.15, 0.2) is 18.2 Å². The van der Waals surface area contributed by atoms with Crippen LogP contribution in [0.4, 0.5) is 5.69 Å². The van der Waals surface area contributed by atoms with Crippen LogP contribution in [0.1, 0.15) is 24.8 Å². The normalized spacial score (nSPS) is 23.9. The number of halogens is 2. The fourth-order valence-electron chi connectivity index (χ4n) is 2.40. The van der Waals surface area contributed by atoms with E-state index in [4.69, 9.17) is 23.2 Å². The number of hydrogen-bond donors (Lipinski definition) is 0. The van der Waals surface area contributed by atoms with E-state index < -0.39 is 0 Å². The van der Waals surface area contributed by atoms with E-state index in [0.717, 1.165) is 19.3 Å². The van der Waals surface area contributed by atoms with Crippen molar-refractivity contribution in [3.63, 3.8) is 0 Å². The van der Waals surface area contributed by atoms with Crippen LogP contribution in [0.25, 0.3) is 0 Å². The molecule has 2 rings (SSSR count). The van der Waals surface area contributed by atoms with E-state index >= 15 is 0 Å². The van der Waals surface area contributed by atoms with Crippen LogP contribution in [0.3, 0.4) is 0 Å². The van der Waals surface area contributed by atoms with Crippen LogP contribution in [0.5, 0.6) is 0 Å². The first-order valence-corrected chi connectivity index (χ1v) is 6.46. The fraction of sp³-hybridized carbons (Fsp3) is 0.500. The van der Waals surface area contributed by atoms with Gasteiger partial charge in [-0.2, -0.15) is 0 Å². The minimum atomic E-state index is -0.357. The molecule has 0 aromatic heterocycles. The maximum absolute atomic E-state index is 10.9. The molecule has 0 amide bonds. The third-order valence-electron chi connectivity index (χ3n) is 3.29. The standard InChI is InChI=1S/C12H13Cl2NO2/c13-10-4-5-12(15(16)17)9(7-10)6-8-2-1-3-11(8)14/h4-5,7-8,11H,1-3,6H2. The minimum absolute atomic E-state index is 0.133. The first-order chi connectivity index (χ1) is 8.08. The smallest absolute Gasteiger partial charge is 0.258 e. The van der Waals surface area contributed by atoms with Crippen LogP contribution in [-0.4, -0.2) is 10.3 Å². The summed E-state index contributed by atoms with van der Waals surface area (Å²) in [6.07, 6.45) is 3.79. The van der Waals surface area contributed by atoms with Crippen molar-refractivity contribution in [2.75, 3.05) is 0 Å². The highest BCUT2D eigenvalue weighted by atomic mass is 35.5. The molecule has 0 heterocycles. The van der Waals surface area contributed by atoms with Gasteiger partial charge in [0.15, 0.2) is 0 Å². The van der Waals surface area contributed by atoms with Crippen molar-refractivity contribution in [3.05, 3.63) is 38.9 Å². The molecule has 5 heteroatoms. The number of rotatable bonds is 3. The predicted molar refractivity (Wildman–Crippen MR) is 68.8 cm³/mol. The van der Waals surface area contributed by atoms with Gasteiger partial charge in [0.2, 0.25) is 0 Å². The highest BCUT2D eigenvalue weighted by Crippen LogP contribution is 2.35. The van der Waals surface area contributed by atoms with Crippen LogP contribution >= 0.6 is 23.2 Å². The van der Waals surface area contributed by atoms with Crippen molar-refractivity contribution < 1.29 is 4.92 Å². The second-order valence-corrected chi connectivity index (χ2v) is 5.44. The van der Waals surface area contributed by atoms with Gasteiger partial charge >= 0.3 is 0 Å². The van der Waals surface area contributed by atoms with Crippen molar-refractivity contribution in [1.29, 1.82) is 0 Å². The number of nitrogens with zero attached hydrogens (tertiary/aromatic N) is 1. The molecule has 0 aliphatic heterocycles. The average molecular weight is 274 g/mol. The molecule has 1 aromatic carbocycles. The Bertz CT molecular complexity index is 437. The number of nitro benzene ring substituents is 1. The van der Waals surface area contributed by atoms with E-state index in [1.807, 2.05) is 0 Å². The summed E-state index contributed by atoms with van der Waals surface area (Å²) < 4.78 is 0. The highest BCUT2D eigenvalue weighted by molar-refractivity contribution is 6.30. The predicted octanol–water partition coefficient (Wildman–Crippen LogP) is 4.20. The van der Waals surface area contributed by atoms with E-state index in [1.165, 1.54) is 6.07 Å². The van der Waals surface area contributed by atoms with Gasteiger partial charge in [-0.1, -0.05) is 18.0 Å². The summed E-state index contributed by atoms with van der Waals surface area (Å²) in [4.78, 5) is 10.6. The molecule has 2 unspecified atom stereocenters. The highest BCUT2D eigenvalue weighted by Gasteiger charge is 2.27. The lowest BCUT2D eigenvalue weighted by molar-refractivity contribution is -0.385. The fourth-order valence-corrected chi connectivity index (χ4v) is 2.96. The lowest BCUT2D eigenvalue weighted by atomic mass is 9.96. The van der Waals surface area contributed by atoms with Gasteiger partial charge in [-0.15, -0.1) is 11.6 Å². The second-order valence-electron chi connectivity index (χ2n) is 4.44. The molecular weight excluding hydrogens is 261 g/mol. The largest absolute Gasteiger partial charge is 0.272 e. The third kappa shape index (κ3) is 2.90. The summed E-state index contributed by atoms with van der Waals surface area (Å²) in [5, 5.41) is 11.6. The molecule has 0 saturated heterocycles. The van der Waals surface area contributed by atoms with Crippen molar-refractivity contribution in [1.82, 2.24) is 0 Å². The zero-order valence-electron chi connectivity index (χ0n) is 9.23. The van der Waals surface area contributed by atoms with Gasteiger partial charge < -0.3 is 0 Å². The first kappa shape index (κ1) is 12.7. The monoisotopic (exact) mass is 273 g/mol. The summed E-state index contributed by atoms with van der Waals surface area (Å²) in [6.45, 7) is 0. The van der Waals surface area contributed by atoms with E-state index in [9.17, 15) is 10.1 Å². The van der Waals surface area contributed by atoms with Gasteiger partial charge in [0, 0.05) is 22.0 Å². The van der Waals surface area contributed by atoms with Gasteiger partial charge in [0.05, 0.1) is 4.92 Å². The number of nitro groups is 1.